The molecule has 214 valence electrons. The quantitative estimate of drug-likeness (QED) is 0.153. The van der Waals surface area contributed by atoms with Crippen molar-refractivity contribution in [1.29, 1.82) is 0 Å². The number of imidazole rings is 1. The van der Waals surface area contributed by atoms with Crippen LogP contribution in [0.2, 0.25) is 0 Å². The SMILES string of the molecule is CCCc1nc2cccnc2n1Cc1ccc(OC(F)(F)F)cc1.O=CNCCc1ccc(OF)cc1.O=CO. The number of rotatable bonds is 10. The van der Waals surface area contributed by atoms with Gasteiger partial charge in [0.15, 0.2) is 11.4 Å². The summed E-state index contributed by atoms with van der Waals surface area (Å²) in [6.07, 6.45) is 0.161. The minimum atomic E-state index is -4.68. The molecule has 0 saturated heterocycles. The first-order chi connectivity index (χ1) is 19.2. The summed E-state index contributed by atoms with van der Waals surface area (Å²) < 4.78 is 54.1. The molecule has 0 atom stereocenters. The molecule has 2 aromatic carbocycles. The van der Waals surface area contributed by atoms with E-state index in [0.717, 1.165) is 47.4 Å². The van der Waals surface area contributed by atoms with Gasteiger partial charge in [0.1, 0.15) is 17.1 Å². The van der Waals surface area contributed by atoms with Crippen LogP contribution < -0.4 is 15.0 Å². The summed E-state index contributed by atoms with van der Waals surface area (Å²) in [6.45, 7) is 2.90. The lowest BCUT2D eigenvalue weighted by Crippen LogP contribution is -2.17. The molecule has 9 nitrogen and oxygen atoms in total. The molecule has 4 aromatic rings. The summed E-state index contributed by atoms with van der Waals surface area (Å²) in [5.41, 5.74) is 3.47. The maximum absolute atomic E-state index is 12.2. The second-order valence-corrected chi connectivity index (χ2v) is 8.05. The molecule has 2 aromatic heterocycles. The Morgan fingerprint density at radius 2 is 1.60 bits per heavy atom. The van der Waals surface area contributed by atoms with Gasteiger partial charge in [-0.2, -0.15) is 0 Å². The highest BCUT2D eigenvalue weighted by Gasteiger charge is 2.30. The van der Waals surface area contributed by atoms with Gasteiger partial charge >= 0.3 is 6.36 Å². The minimum absolute atomic E-state index is 0.187. The molecular weight excluding hydrogens is 536 g/mol. The zero-order valence-corrected chi connectivity index (χ0v) is 21.5. The van der Waals surface area contributed by atoms with Crippen molar-refractivity contribution < 1.29 is 42.1 Å². The van der Waals surface area contributed by atoms with Crippen molar-refractivity contribution in [3.63, 3.8) is 0 Å². The lowest BCUT2D eigenvalue weighted by Gasteiger charge is -2.11. The molecule has 0 bridgehead atoms. The number of hydrogen-bond donors (Lipinski definition) is 2. The zero-order chi connectivity index (χ0) is 29.4. The lowest BCUT2D eigenvalue weighted by atomic mass is 10.1. The zero-order valence-electron chi connectivity index (χ0n) is 21.5. The standard InChI is InChI=1S/C17H16F3N3O.C9H10FNO2.CH2O2/c1-2-4-15-22-14-5-3-10-21-16(14)23(15)11-12-6-8-13(9-7-12)24-17(18,19)20;10-13-9-3-1-8(2-4-9)5-6-11-7-12;2-1-3/h3,5-10H,2,4,11H2,1H3;1-4,7H,5-6H2,(H,11,12);1H,(H,2,3). The van der Waals surface area contributed by atoms with Crippen molar-refractivity contribution in [3.8, 4) is 11.5 Å². The highest BCUT2D eigenvalue weighted by Crippen LogP contribution is 2.24. The van der Waals surface area contributed by atoms with Crippen LogP contribution in [0, 0.1) is 0 Å². The third kappa shape index (κ3) is 10.6. The van der Waals surface area contributed by atoms with Crippen molar-refractivity contribution in [3.05, 3.63) is 83.8 Å². The maximum Gasteiger partial charge on any atom is 0.573 e. The van der Waals surface area contributed by atoms with E-state index in [0.29, 0.717) is 19.5 Å². The number of aryl methyl sites for hydroxylation is 1. The van der Waals surface area contributed by atoms with Crippen LogP contribution in [0.1, 0.15) is 30.3 Å². The Morgan fingerprint density at radius 1 is 0.975 bits per heavy atom. The highest BCUT2D eigenvalue weighted by molar-refractivity contribution is 5.71. The fourth-order valence-electron chi connectivity index (χ4n) is 3.55. The van der Waals surface area contributed by atoms with E-state index in [1.165, 1.54) is 24.3 Å². The van der Waals surface area contributed by atoms with Gasteiger partial charge < -0.3 is 19.7 Å². The summed E-state index contributed by atoms with van der Waals surface area (Å²) in [5, 5.41) is 9.43. The summed E-state index contributed by atoms with van der Waals surface area (Å²) >= 11 is 0. The molecule has 13 heteroatoms. The Morgan fingerprint density at radius 3 is 2.17 bits per heavy atom. The predicted octanol–water partition coefficient (Wildman–Crippen LogP) is 5.27. The number of carbonyl (C=O) groups is 2. The number of fused-ring (bicyclic) bond motifs is 1. The fourth-order valence-corrected chi connectivity index (χ4v) is 3.55. The van der Waals surface area contributed by atoms with Gasteiger partial charge in [0, 0.05) is 23.7 Å². The van der Waals surface area contributed by atoms with Gasteiger partial charge in [0.25, 0.3) is 6.47 Å². The molecule has 0 aliphatic carbocycles. The summed E-state index contributed by atoms with van der Waals surface area (Å²) in [7, 11) is 0. The van der Waals surface area contributed by atoms with E-state index in [1.807, 2.05) is 16.7 Å². The molecule has 0 radical (unpaired) electrons. The van der Waals surface area contributed by atoms with Gasteiger partial charge in [-0.1, -0.05) is 31.2 Å². The third-order valence-corrected chi connectivity index (χ3v) is 5.21. The number of carboxylic acid groups (broad SMARTS) is 1. The van der Waals surface area contributed by atoms with Crippen LogP contribution in [-0.2, 0) is 29.0 Å². The van der Waals surface area contributed by atoms with Crippen molar-refractivity contribution in [2.75, 3.05) is 6.54 Å². The van der Waals surface area contributed by atoms with Crippen LogP contribution in [0.3, 0.4) is 0 Å². The number of alkyl halides is 3. The number of amides is 1. The Kier molecular flexibility index (Phi) is 12.9. The van der Waals surface area contributed by atoms with Crippen molar-refractivity contribution in [2.24, 2.45) is 0 Å². The van der Waals surface area contributed by atoms with Gasteiger partial charge in [-0.3, -0.25) is 14.5 Å². The second kappa shape index (κ2) is 16.3. The van der Waals surface area contributed by atoms with Crippen molar-refractivity contribution in [1.82, 2.24) is 19.9 Å². The number of nitrogens with zero attached hydrogens (tertiary/aromatic N) is 3. The normalized spacial score (nSPS) is 10.4. The van der Waals surface area contributed by atoms with E-state index in [-0.39, 0.29) is 18.0 Å². The van der Waals surface area contributed by atoms with E-state index in [1.54, 1.807) is 30.5 Å². The smallest absolute Gasteiger partial charge is 0.483 e. The number of hydrogen-bond acceptors (Lipinski definition) is 6. The van der Waals surface area contributed by atoms with Gasteiger partial charge in [0.2, 0.25) is 6.41 Å². The molecule has 0 saturated carbocycles. The van der Waals surface area contributed by atoms with Gasteiger partial charge in [-0.05, 0) is 60.4 Å². The Hall–Kier alpha value is -4.68. The Bertz CT molecular complexity index is 1310. The number of pyridine rings is 1. The average molecular weight is 565 g/mol. The molecule has 2 heterocycles. The van der Waals surface area contributed by atoms with E-state index < -0.39 is 6.36 Å². The van der Waals surface area contributed by atoms with Crippen LogP contribution in [0.5, 0.6) is 11.5 Å². The van der Waals surface area contributed by atoms with Crippen LogP contribution in [0.15, 0.2) is 66.9 Å². The lowest BCUT2D eigenvalue weighted by molar-refractivity contribution is -0.274. The second-order valence-electron chi connectivity index (χ2n) is 8.05. The number of halogens is 4. The average Bonchev–Trinajstić information content (AvgIpc) is 3.27. The number of benzene rings is 2. The first kappa shape index (κ1) is 31.5. The van der Waals surface area contributed by atoms with Gasteiger partial charge in [-0.25, -0.2) is 9.97 Å². The van der Waals surface area contributed by atoms with E-state index >= 15 is 0 Å². The van der Waals surface area contributed by atoms with Crippen LogP contribution in [0.25, 0.3) is 11.2 Å². The maximum atomic E-state index is 12.2. The van der Waals surface area contributed by atoms with Gasteiger partial charge in [-0.15, -0.1) is 13.2 Å². The molecule has 1 amide bonds. The Labute approximate surface area is 227 Å². The summed E-state index contributed by atoms with van der Waals surface area (Å²) in [5.74, 6) is 0.877. The first-order valence-electron chi connectivity index (χ1n) is 12.0. The third-order valence-electron chi connectivity index (χ3n) is 5.21. The largest absolute Gasteiger partial charge is 0.573 e. The monoisotopic (exact) mass is 564 g/mol. The van der Waals surface area contributed by atoms with Crippen molar-refractivity contribution in [2.45, 2.75) is 39.1 Å². The first-order valence-corrected chi connectivity index (χ1v) is 12.0. The van der Waals surface area contributed by atoms with Crippen LogP contribution in [-0.4, -0.2) is 45.4 Å². The molecular formula is C27H28F4N4O5. The molecule has 0 fully saturated rings. The van der Waals surface area contributed by atoms with E-state index in [9.17, 15) is 22.5 Å². The molecule has 0 spiro atoms. The number of ether oxygens (including phenoxy) is 1. The summed E-state index contributed by atoms with van der Waals surface area (Å²) in [6, 6.07) is 16.2. The topological polar surface area (TPSA) is 116 Å². The molecule has 0 aliphatic heterocycles. The Balaban J connectivity index is 0.000000295. The number of nitrogens with one attached hydrogen (secondary N) is 1. The van der Waals surface area contributed by atoms with E-state index in [2.05, 4.69) is 31.9 Å². The number of aromatic nitrogens is 3. The summed E-state index contributed by atoms with van der Waals surface area (Å²) in [4.78, 5) is 30.8. The molecule has 40 heavy (non-hydrogen) atoms. The van der Waals surface area contributed by atoms with Crippen LogP contribution >= 0.6 is 0 Å². The molecule has 0 unspecified atom stereocenters. The predicted molar refractivity (Wildman–Crippen MR) is 138 cm³/mol. The molecule has 0 aliphatic rings. The number of carbonyl (C=O) groups excluding carboxylic acids is 1. The van der Waals surface area contributed by atoms with Crippen molar-refractivity contribution >= 4 is 24.0 Å². The fraction of sp³-hybridized carbons (Fsp3) is 0.259. The van der Waals surface area contributed by atoms with E-state index in [4.69, 9.17) is 9.90 Å². The minimum Gasteiger partial charge on any atom is -0.483 e. The highest BCUT2D eigenvalue weighted by atomic mass is 19.4. The molecule has 4 rings (SSSR count). The molecule has 2 N–H and O–H groups in total. The van der Waals surface area contributed by atoms with Crippen LogP contribution in [0.4, 0.5) is 17.7 Å². The van der Waals surface area contributed by atoms with Gasteiger partial charge in [0.05, 0.1) is 6.54 Å².